The molecule has 15 atom stereocenters. The number of fused-ring (bicyclic) bond motifs is 14. The van der Waals surface area contributed by atoms with Crippen LogP contribution in [0.25, 0.3) is 22.3 Å². The highest BCUT2D eigenvalue weighted by Gasteiger charge is 2.59. The molecule has 0 saturated heterocycles. The molecule has 15 unspecified atom stereocenters. The van der Waals surface area contributed by atoms with Crippen molar-refractivity contribution >= 4 is 70.9 Å². The molecule has 18 nitrogen and oxygen atoms in total. The van der Waals surface area contributed by atoms with E-state index in [-0.39, 0.29) is 124 Å². The molecule has 6 saturated carbocycles. The number of hydrogen-bond acceptors (Lipinski definition) is 12. The van der Waals surface area contributed by atoms with Crippen molar-refractivity contribution in [3.63, 3.8) is 0 Å². The van der Waals surface area contributed by atoms with Gasteiger partial charge in [0.2, 0.25) is 0 Å². The molecule has 18 heteroatoms. The van der Waals surface area contributed by atoms with Gasteiger partial charge in [-0.15, -0.1) is 0 Å². The molecule has 6 fully saturated rings. The highest BCUT2D eigenvalue weighted by atomic mass is 16.2. The minimum atomic E-state index is -0.442. The van der Waals surface area contributed by atoms with Crippen LogP contribution in [0.15, 0.2) is 97.1 Å². The quantitative estimate of drug-likeness (QED) is 0.0850. The zero-order valence-corrected chi connectivity index (χ0v) is 51.8. The number of rotatable bonds is 18. The number of amides is 12. The molecule has 92 heavy (non-hydrogen) atoms. The van der Waals surface area contributed by atoms with Gasteiger partial charge < -0.3 is 0 Å². The van der Waals surface area contributed by atoms with Gasteiger partial charge in [-0.05, 0) is 217 Å². The van der Waals surface area contributed by atoms with E-state index in [0.717, 1.165) is 57.8 Å². The van der Waals surface area contributed by atoms with E-state index in [4.69, 9.17) is 0 Å². The molecule has 470 valence electrons. The van der Waals surface area contributed by atoms with E-state index in [2.05, 4.69) is 6.92 Å². The second kappa shape index (κ2) is 21.7. The Morgan fingerprint density at radius 2 is 0.674 bits per heavy atom. The van der Waals surface area contributed by atoms with Crippen molar-refractivity contribution in [2.24, 2.45) is 88.8 Å². The number of benzene rings is 4. The summed E-state index contributed by atoms with van der Waals surface area (Å²) in [5, 5.41) is 0. The lowest BCUT2D eigenvalue weighted by molar-refractivity contribution is -0.139. The first-order chi connectivity index (χ1) is 44.3. The third-order valence-corrected chi connectivity index (χ3v) is 24.5. The normalized spacial score (nSPS) is 30.5. The Balaban J connectivity index is 0.539. The Bertz CT molecular complexity index is 4090. The van der Waals surface area contributed by atoms with Gasteiger partial charge in [-0.3, -0.25) is 86.9 Å². The lowest BCUT2D eigenvalue weighted by atomic mass is 9.75. The minimum absolute atomic E-state index is 0.0624. The predicted octanol–water partition coefficient (Wildman–Crippen LogP) is 9.24. The summed E-state index contributed by atoms with van der Waals surface area (Å²) >= 11 is 0. The third-order valence-electron chi connectivity index (χ3n) is 24.5. The minimum Gasteiger partial charge on any atom is -0.275 e. The van der Waals surface area contributed by atoms with Crippen molar-refractivity contribution in [2.75, 3.05) is 39.3 Å². The molecular formula is C74H72N6O12. The number of hydrogen-bond donors (Lipinski definition) is 0. The van der Waals surface area contributed by atoms with Gasteiger partial charge in [0.1, 0.15) is 0 Å². The van der Waals surface area contributed by atoms with Crippen molar-refractivity contribution in [3.8, 4) is 22.3 Å². The number of nitrogens with zero attached hydrogens (tertiary/aromatic N) is 6. The van der Waals surface area contributed by atoms with E-state index in [9.17, 15) is 57.5 Å². The SMILES string of the molecule is CCC(C)C(CC(C)CN1C(=O)c2ccc(-c3ccc4c(c3)C(=O)N(CC3CC5CC3C3CC(CN6C(=O)C=CC6=O)CC53)C4=O)cc2C1=O)CN1C(=O)c2ccc(-c3ccc4c(c3)C(=O)N(CC3CC5CC3C3CC(CN6C(=O)C=CC6=O)CC53)C4=O)cc2C1=O. The zero-order chi connectivity index (χ0) is 63.6. The van der Waals surface area contributed by atoms with Crippen LogP contribution < -0.4 is 0 Å². The summed E-state index contributed by atoms with van der Waals surface area (Å²) in [5.41, 5.74) is 4.81. The summed E-state index contributed by atoms with van der Waals surface area (Å²) in [6.45, 7) is 7.88. The summed E-state index contributed by atoms with van der Waals surface area (Å²) in [6, 6.07) is 20.5. The van der Waals surface area contributed by atoms with Crippen molar-refractivity contribution in [1.29, 1.82) is 0 Å². The van der Waals surface area contributed by atoms with Gasteiger partial charge in [-0.25, -0.2) is 0 Å². The summed E-state index contributed by atoms with van der Waals surface area (Å²) < 4.78 is 0. The van der Waals surface area contributed by atoms with E-state index >= 15 is 0 Å². The standard InChI is InChI=1S/C74H72N6O12/c1-4-37(3)46(33-78-68(86)50-10-6-41(25-60(50)72(78)90)43-8-12-52-62(27-43)74(92)80(70(52)88)35-48-23-45-29-56(48)58-21-39(19-54(45)58)32-76-65(83)15-16-66(76)84)17-36(2)30-77-67(85)49-9-5-40(24-59(49)71(77)89)42-7-11-51-61(26-42)73(91)79(69(51)87)34-47-22-44-28-55(47)57-20-38(18-53(44)57)31-75-63(81)13-14-64(75)82/h5-16,24-27,36-39,44-48,53-58H,4,17-23,28-35H2,1-3H3. The lowest BCUT2D eigenvalue weighted by Gasteiger charge is -2.33. The van der Waals surface area contributed by atoms with Crippen LogP contribution in [0, 0.1) is 88.8 Å². The third kappa shape index (κ3) is 9.13. The highest BCUT2D eigenvalue weighted by molar-refractivity contribution is 6.25. The number of carbonyl (C=O) groups excluding carboxylic acids is 12. The lowest BCUT2D eigenvalue weighted by Crippen LogP contribution is -2.39. The van der Waals surface area contributed by atoms with Gasteiger partial charge in [-0.2, -0.15) is 0 Å². The highest BCUT2D eigenvalue weighted by Crippen LogP contribution is 2.64. The predicted molar refractivity (Wildman–Crippen MR) is 332 cm³/mol. The first kappa shape index (κ1) is 58.3. The average molecular weight is 1240 g/mol. The Labute approximate surface area is 532 Å². The Hall–Kier alpha value is -8.80. The van der Waals surface area contributed by atoms with E-state index in [0.29, 0.717) is 124 Å². The summed E-state index contributed by atoms with van der Waals surface area (Å²) in [6.07, 6.45) is 14.5. The maximum atomic E-state index is 14.4. The van der Waals surface area contributed by atoms with Crippen LogP contribution in [0.5, 0.6) is 0 Å². The van der Waals surface area contributed by atoms with Crippen LogP contribution in [0.3, 0.4) is 0 Å². The molecule has 12 aliphatic rings. The van der Waals surface area contributed by atoms with Crippen molar-refractivity contribution < 1.29 is 57.5 Å². The fraction of sp³-hybridized carbons (Fsp3) is 0.459. The molecule has 0 N–H and O–H groups in total. The first-order valence-corrected chi connectivity index (χ1v) is 33.4. The fourth-order valence-electron chi connectivity index (χ4n) is 20.1. The van der Waals surface area contributed by atoms with E-state index in [1.165, 1.54) is 53.7 Å². The van der Waals surface area contributed by atoms with Crippen LogP contribution in [0.4, 0.5) is 0 Å². The summed E-state index contributed by atoms with van der Waals surface area (Å²) in [4.78, 5) is 170. The molecule has 4 aromatic rings. The Morgan fingerprint density at radius 1 is 0.348 bits per heavy atom. The Morgan fingerprint density at radius 3 is 1.04 bits per heavy atom. The average Bonchev–Trinajstić information content (AvgIpc) is 1.59. The second-order valence-corrected chi connectivity index (χ2v) is 29.3. The molecule has 4 aromatic carbocycles. The fourth-order valence-corrected chi connectivity index (χ4v) is 20.1. The summed E-state index contributed by atoms with van der Waals surface area (Å²) in [7, 11) is 0. The van der Waals surface area contributed by atoms with Gasteiger partial charge in [0.05, 0.1) is 44.5 Å². The smallest absolute Gasteiger partial charge is 0.261 e. The largest absolute Gasteiger partial charge is 0.275 e. The van der Waals surface area contributed by atoms with Crippen LogP contribution >= 0.6 is 0 Å². The van der Waals surface area contributed by atoms with Crippen LogP contribution in [-0.2, 0) is 19.2 Å². The van der Waals surface area contributed by atoms with Gasteiger partial charge in [-0.1, -0.05) is 51.5 Å². The molecule has 6 aliphatic heterocycles. The van der Waals surface area contributed by atoms with Crippen LogP contribution in [-0.4, -0.2) is 140 Å². The van der Waals surface area contributed by atoms with Gasteiger partial charge in [0.15, 0.2) is 0 Å². The van der Waals surface area contributed by atoms with Crippen molar-refractivity contribution in [2.45, 2.75) is 85.0 Å². The van der Waals surface area contributed by atoms with Gasteiger partial charge in [0, 0.05) is 63.6 Å². The van der Waals surface area contributed by atoms with Crippen LogP contribution in [0.2, 0.25) is 0 Å². The second-order valence-electron chi connectivity index (χ2n) is 29.3. The first-order valence-electron chi connectivity index (χ1n) is 33.4. The topological polar surface area (TPSA) is 224 Å². The molecular weight excluding hydrogens is 1160 g/mol. The van der Waals surface area contributed by atoms with Crippen molar-refractivity contribution in [1.82, 2.24) is 29.4 Å². The molecule has 0 aromatic heterocycles. The Kier molecular flexibility index (Phi) is 13.7. The molecule has 6 aliphatic carbocycles. The zero-order valence-electron chi connectivity index (χ0n) is 51.8. The van der Waals surface area contributed by atoms with E-state index < -0.39 is 23.6 Å². The summed E-state index contributed by atoms with van der Waals surface area (Å²) in [5.74, 6) is 0.173. The molecule has 12 amide bonds. The molecule has 0 spiro atoms. The molecule has 4 bridgehead atoms. The number of imide groups is 6. The molecule has 0 radical (unpaired) electrons. The van der Waals surface area contributed by atoms with E-state index in [1.54, 1.807) is 72.8 Å². The maximum absolute atomic E-state index is 14.4. The van der Waals surface area contributed by atoms with E-state index in [1.807, 2.05) is 13.8 Å². The van der Waals surface area contributed by atoms with Crippen molar-refractivity contribution in [3.05, 3.63) is 142 Å². The molecule has 16 rings (SSSR count). The van der Waals surface area contributed by atoms with Gasteiger partial charge in [0.25, 0.3) is 70.9 Å². The molecule has 6 heterocycles. The van der Waals surface area contributed by atoms with Gasteiger partial charge >= 0.3 is 0 Å². The maximum Gasteiger partial charge on any atom is 0.261 e. The van der Waals surface area contributed by atoms with Crippen LogP contribution in [0.1, 0.15) is 168 Å². The number of carbonyl (C=O) groups is 12. The monoisotopic (exact) mass is 1240 g/mol.